The molecule has 0 saturated carbocycles. The summed E-state index contributed by atoms with van der Waals surface area (Å²) in [5.74, 6) is 4.98. The first-order valence-electron chi connectivity index (χ1n) is 9.03. The number of phenols is 1. The van der Waals surface area contributed by atoms with E-state index in [1.165, 1.54) is 0 Å². The van der Waals surface area contributed by atoms with Gasteiger partial charge in [-0.25, -0.2) is 5.84 Å². The molecule has 0 heterocycles. The Morgan fingerprint density at radius 2 is 1.35 bits per heavy atom. The van der Waals surface area contributed by atoms with Crippen LogP contribution in [0, 0.1) is 0 Å². The Balaban J connectivity index is 2.92. The molecule has 0 saturated heterocycles. The van der Waals surface area contributed by atoms with E-state index in [2.05, 4.69) is 10.7 Å². The quantitative estimate of drug-likeness (QED) is 0.204. The van der Waals surface area contributed by atoms with Crippen LogP contribution in [0.15, 0.2) is 12.1 Å². The number of unbranched alkanes of at least 4 members (excludes halogenated alkanes) is 1. The molecule has 2 amide bonds. The number of rotatable bonds is 6. The molecule has 1 aromatic carbocycles. The second-order valence-corrected chi connectivity index (χ2v) is 8.74. The Labute approximate surface area is 156 Å². The average Bonchev–Trinajstić information content (AvgIpc) is 2.50. The number of aromatic hydroxyl groups is 1. The monoisotopic (exact) mass is 363 g/mol. The van der Waals surface area contributed by atoms with Crippen LogP contribution in [-0.4, -0.2) is 16.9 Å². The van der Waals surface area contributed by atoms with Gasteiger partial charge in [-0.15, -0.1) is 0 Å². The maximum Gasteiger partial charge on any atom is 0.233 e. The molecular formula is C20H33N3O3. The van der Waals surface area contributed by atoms with Gasteiger partial charge in [0.05, 0.1) is 0 Å². The number of hydrazine groups is 1. The van der Waals surface area contributed by atoms with E-state index in [1.807, 2.05) is 53.7 Å². The normalized spacial score (nSPS) is 12.0. The summed E-state index contributed by atoms with van der Waals surface area (Å²) in [4.78, 5) is 23.3. The number of hydrogen-bond donors (Lipinski definition) is 4. The van der Waals surface area contributed by atoms with Crippen LogP contribution >= 0.6 is 0 Å². The smallest absolute Gasteiger partial charge is 0.233 e. The summed E-state index contributed by atoms with van der Waals surface area (Å²) in [6.45, 7) is 12.2. The lowest BCUT2D eigenvalue weighted by Crippen LogP contribution is -2.29. The Bertz CT molecular complexity index is 620. The number of nitrogens with two attached hydrogens (primary N) is 1. The van der Waals surface area contributed by atoms with Crippen LogP contribution in [0.5, 0.6) is 5.75 Å². The van der Waals surface area contributed by atoms with Crippen molar-refractivity contribution in [2.75, 3.05) is 5.32 Å². The molecular weight excluding hydrogens is 330 g/mol. The van der Waals surface area contributed by atoms with Crippen LogP contribution in [0.4, 0.5) is 5.69 Å². The van der Waals surface area contributed by atoms with Gasteiger partial charge in [0.15, 0.2) is 0 Å². The lowest BCUT2D eigenvalue weighted by Gasteiger charge is -2.28. The van der Waals surface area contributed by atoms with Crippen molar-refractivity contribution in [2.45, 2.75) is 78.1 Å². The second-order valence-electron chi connectivity index (χ2n) is 8.74. The Morgan fingerprint density at radius 3 is 1.73 bits per heavy atom. The van der Waals surface area contributed by atoms with E-state index in [0.717, 1.165) is 11.1 Å². The maximum absolute atomic E-state index is 12.2. The molecule has 0 atom stereocenters. The van der Waals surface area contributed by atoms with Crippen molar-refractivity contribution in [3.05, 3.63) is 23.3 Å². The van der Waals surface area contributed by atoms with Gasteiger partial charge >= 0.3 is 0 Å². The molecule has 0 fully saturated rings. The summed E-state index contributed by atoms with van der Waals surface area (Å²) in [6.07, 6.45) is 1.85. The Morgan fingerprint density at radius 1 is 0.923 bits per heavy atom. The van der Waals surface area contributed by atoms with E-state index < -0.39 is 0 Å². The standard InChI is InChI=1S/C20H33N3O3/c1-19(2,3)14-11-13(12-15(18(14)26)20(4,5)6)22-16(24)9-7-8-10-17(25)23-21/h11-12,26H,7-10,21H2,1-6H3,(H,22,24)(H,23,25). The first-order valence-corrected chi connectivity index (χ1v) is 9.03. The maximum atomic E-state index is 12.2. The molecule has 0 aromatic heterocycles. The third-order valence-corrected chi connectivity index (χ3v) is 4.23. The van der Waals surface area contributed by atoms with Crippen molar-refractivity contribution in [2.24, 2.45) is 5.84 Å². The van der Waals surface area contributed by atoms with Crippen molar-refractivity contribution in [3.8, 4) is 5.75 Å². The van der Waals surface area contributed by atoms with Crippen LogP contribution in [0.2, 0.25) is 0 Å². The minimum absolute atomic E-state index is 0.108. The number of nitrogens with one attached hydrogen (secondary N) is 2. The lowest BCUT2D eigenvalue weighted by atomic mass is 9.79. The predicted octanol–water partition coefficient (Wildman–Crippen LogP) is 3.48. The van der Waals surface area contributed by atoms with Gasteiger partial charge in [0.1, 0.15) is 5.75 Å². The predicted molar refractivity (Wildman–Crippen MR) is 105 cm³/mol. The van der Waals surface area contributed by atoms with Crippen molar-refractivity contribution in [1.82, 2.24) is 5.43 Å². The topological polar surface area (TPSA) is 104 Å². The number of phenolic OH excluding ortho intramolecular Hbond substituents is 1. The fraction of sp³-hybridized carbons (Fsp3) is 0.600. The highest BCUT2D eigenvalue weighted by Gasteiger charge is 2.26. The lowest BCUT2D eigenvalue weighted by molar-refractivity contribution is -0.121. The molecule has 0 bridgehead atoms. The highest BCUT2D eigenvalue weighted by molar-refractivity contribution is 5.91. The number of amides is 2. The zero-order chi connectivity index (χ0) is 20.1. The van der Waals surface area contributed by atoms with E-state index >= 15 is 0 Å². The Kier molecular flexibility index (Phi) is 7.21. The van der Waals surface area contributed by atoms with E-state index in [0.29, 0.717) is 31.4 Å². The minimum atomic E-state index is -0.250. The molecule has 5 N–H and O–H groups in total. The molecule has 1 rings (SSSR count). The van der Waals surface area contributed by atoms with Crippen LogP contribution in [0.25, 0.3) is 0 Å². The summed E-state index contributed by atoms with van der Waals surface area (Å²) in [5.41, 5.74) is 3.87. The largest absolute Gasteiger partial charge is 0.507 e. The summed E-state index contributed by atoms with van der Waals surface area (Å²) in [7, 11) is 0. The van der Waals surface area contributed by atoms with Crippen LogP contribution in [0.3, 0.4) is 0 Å². The first-order chi connectivity index (χ1) is 11.9. The number of anilines is 1. The van der Waals surface area contributed by atoms with E-state index in [1.54, 1.807) is 0 Å². The van der Waals surface area contributed by atoms with Crippen molar-refractivity contribution in [1.29, 1.82) is 0 Å². The second kappa shape index (κ2) is 8.54. The molecule has 0 aliphatic heterocycles. The van der Waals surface area contributed by atoms with E-state index in [-0.39, 0.29) is 28.4 Å². The van der Waals surface area contributed by atoms with Crippen molar-refractivity contribution < 1.29 is 14.7 Å². The number of carbonyl (C=O) groups is 2. The molecule has 6 heteroatoms. The highest BCUT2D eigenvalue weighted by Crippen LogP contribution is 2.41. The number of carbonyl (C=O) groups excluding carboxylic acids is 2. The zero-order valence-corrected chi connectivity index (χ0v) is 16.8. The van der Waals surface area contributed by atoms with Gasteiger partial charge in [-0.3, -0.25) is 15.0 Å². The third kappa shape index (κ3) is 6.33. The molecule has 0 spiro atoms. The number of hydrogen-bond acceptors (Lipinski definition) is 4. The Hall–Kier alpha value is -2.08. The SMILES string of the molecule is CC(C)(C)c1cc(NC(=O)CCCCC(=O)NN)cc(C(C)(C)C)c1O. The molecule has 26 heavy (non-hydrogen) atoms. The van der Waals surface area contributed by atoms with Crippen LogP contribution < -0.4 is 16.6 Å². The molecule has 0 aliphatic rings. The van der Waals surface area contributed by atoms with Gasteiger partial charge in [0.2, 0.25) is 11.8 Å². The van der Waals surface area contributed by atoms with Gasteiger partial charge < -0.3 is 10.4 Å². The van der Waals surface area contributed by atoms with Crippen molar-refractivity contribution >= 4 is 17.5 Å². The van der Waals surface area contributed by atoms with E-state index in [9.17, 15) is 14.7 Å². The summed E-state index contributed by atoms with van der Waals surface area (Å²) in [5, 5.41) is 13.6. The molecule has 0 unspecified atom stereocenters. The summed E-state index contributed by atoms with van der Waals surface area (Å²) < 4.78 is 0. The molecule has 6 nitrogen and oxygen atoms in total. The first kappa shape index (κ1) is 22.0. The minimum Gasteiger partial charge on any atom is -0.507 e. The zero-order valence-electron chi connectivity index (χ0n) is 16.8. The number of benzene rings is 1. The molecule has 0 aliphatic carbocycles. The fourth-order valence-electron chi connectivity index (χ4n) is 2.72. The van der Waals surface area contributed by atoms with Crippen LogP contribution in [0.1, 0.15) is 78.4 Å². The van der Waals surface area contributed by atoms with Gasteiger partial charge in [-0.05, 0) is 35.8 Å². The summed E-state index contributed by atoms with van der Waals surface area (Å²) >= 11 is 0. The highest BCUT2D eigenvalue weighted by atomic mass is 16.3. The van der Waals surface area contributed by atoms with Crippen molar-refractivity contribution in [3.63, 3.8) is 0 Å². The third-order valence-electron chi connectivity index (χ3n) is 4.23. The summed E-state index contributed by atoms with van der Waals surface area (Å²) in [6, 6.07) is 3.68. The fourth-order valence-corrected chi connectivity index (χ4v) is 2.72. The van der Waals surface area contributed by atoms with Crippen LogP contribution in [-0.2, 0) is 20.4 Å². The van der Waals surface area contributed by atoms with E-state index in [4.69, 9.17) is 5.84 Å². The van der Waals surface area contributed by atoms with Gasteiger partial charge in [-0.2, -0.15) is 0 Å². The van der Waals surface area contributed by atoms with Gasteiger partial charge in [0, 0.05) is 29.7 Å². The molecule has 146 valence electrons. The molecule has 1 aromatic rings. The van der Waals surface area contributed by atoms with Gasteiger partial charge in [0.25, 0.3) is 0 Å². The molecule has 0 radical (unpaired) electrons. The van der Waals surface area contributed by atoms with Gasteiger partial charge in [-0.1, -0.05) is 41.5 Å². The average molecular weight is 364 g/mol.